The molecule has 1 saturated heterocycles. The lowest BCUT2D eigenvalue weighted by molar-refractivity contribution is -0.128. The number of anilines is 2. The van der Waals surface area contributed by atoms with Gasteiger partial charge in [0.25, 0.3) is 0 Å². The number of nitrogens with one attached hydrogen (secondary N) is 1. The average Bonchev–Trinajstić information content (AvgIpc) is 3.28. The molecule has 28 heavy (non-hydrogen) atoms. The third kappa shape index (κ3) is 3.80. The molecule has 0 spiro atoms. The minimum Gasteiger partial charge on any atom is -0.391 e. The molecule has 1 amide bonds. The highest BCUT2D eigenvalue weighted by molar-refractivity contribution is 5.79. The first-order valence-corrected chi connectivity index (χ1v) is 9.72. The van der Waals surface area contributed by atoms with Gasteiger partial charge in [-0.3, -0.25) is 9.48 Å². The van der Waals surface area contributed by atoms with E-state index >= 15 is 0 Å². The van der Waals surface area contributed by atoms with Crippen LogP contribution >= 0.6 is 0 Å². The summed E-state index contributed by atoms with van der Waals surface area (Å²) in [5.74, 6) is 1.71. The van der Waals surface area contributed by atoms with E-state index in [0.717, 1.165) is 24.5 Å². The number of rotatable bonds is 6. The summed E-state index contributed by atoms with van der Waals surface area (Å²) in [4.78, 5) is 25.1. The summed E-state index contributed by atoms with van der Waals surface area (Å²) in [6, 6.07) is 4.15. The maximum Gasteiger partial charge on any atom is 0.223 e. The Labute approximate surface area is 164 Å². The zero-order valence-electron chi connectivity index (χ0n) is 16.3. The molecule has 2 fully saturated rings. The van der Waals surface area contributed by atoms with Crippen LogP contribution in [0.15, 0.2) is 30.9 Å². The van der Waals surface area contributed by atoms with Crippen molar-refractivity contribution in [1.29, 1.82) is 0 Å². The van der Waals surface area contributed by atoms with Crippen molar-refractivity contribution in [3.05, 3.63) is 30.9 Å². The fourth-order valence-corrected chi connectivity index (χ4v) is 3.98. The van der Waals surface area contributed by atoms with E-state index in [1.165, 1.54) is 6.33 Å². The van der Waals surface area contributed by atoms with E-state index in [0.29, 0.717) is 25.6 Å². The molecule has 150 valence electrons. The molecule has 0 unspecified atom stereocenters. The van der Waals surface area contributed by atoms with Crippen molar-refractivity contribution < 1.29 is 9.90 Å². The predicted molar refractivity (Wildman–Crippen MR) is 105 cm³/mol. The van der Waals surface area contributed by atoms with E-state index in [-0.39, 0.29) is 17.9 Å². The molecule has 3 heterocycles. The van der Waals surface area contributed by atoms with Gasteiger partial charge in [0.2, 0.25) is 5.91 Å². The second kappa shape index (κ2) is 7.75. The third-order valence-electron chi connectivity index (χ3n) is 5.68. The minimum absolute atomic E-state index is 0.0193. The van der Waals surface area contributed by atoms with Gasteiger partial charge < -0.3 is 20.2 Å². The quantitative estimate of drug-likeness (QED) is 0.745. The van der Waals surface area contributed by atoms with Crippen LogP contribution in [0.3, 0.4) is 0 Å². The molecular formula is C19H27N7O2. The molecule has 0 bridgehead atoms. The van der Waals surface area contributed by atoms with Crippen molar-refractivity contribution in [1.82, 2.24) is 25.1 Å². The molecule has 2 N–H and O–H groups in total. The van der Waals surface area contributed by atoms with Crippen LogP contribution in [-0.4, -0.2) is 70.1 Å². The molecule has 2 atom stereocenters. The second-order valence-corrected chi connectivity index (χ2v) is 7.88. The normalized spacial score (nSPS) is 26.8. The Morgan fingerprint density at radius 1 is 1.32 bits per heavy atom. The maximum atomic E-state index is 12.5. The van der Waals surface area contributed by atoms with Crippen molar-refractivity contribution in [2.75, 3.05) is 37.0 Å². The smallest absolute Gasteiger partial charge is 0.223 e. The first-order chi connectivity index (χ1) is 13.5. The number of amides is 1. The Morgan fingerprint density at radius 3 is 2.86 bits per heavy atom. The Bertz CT molecular complexity index is 804. The van der Waals surface area contributed by atoms with Crippen LogP contribution in [0, 0.1) is 5.92 Å². The number of carbonyl (C=O) groups excluding carboxylic acids is 1. The Morgan fingerprint density at radius 2 is 2.14 bits per heavy atom. The SMILES string of the molecule is CN(C)c1cc(N2C[C@H](O)C[C@@H]2CNC(=O)C2CC(n3cccn3)C2)ncn1. The van der Waals surface area contributed by atoms with E-state index in [2.05, 4.69) is 25.3 Å². The van der Waals surface area contributed by atoms with Gasteiger partial charge in [0.1, 0.15) is 18.0 Å². The molecule has 2 aromatic heterocycles. The van der Waals surface area contributed by atoms with Crippen LogP contribution in [0.2, 0.25) is 0 Å². The fourth-order valence-electron chi connectivity index (χ4n) is 3.98. The minimum atomic E-state index is -0.424. The highest BCUT2D eigenvalue weighted by Gasteiger charge is 2.37. The lowest BCUT2D eigenvalue weighted by atomic mass is 9.79. The van der Waals surface area contributed by atoms with Crippen LogP contribution < -0.4 is 15.1 Å². The van der Waals surface area contributed by atoms with E-state index in [9.17, 15) is 9.90 Å². The van der Waals surface area contributed by atoms with Gasteiger partial charge in [-0.05, 0) is 25.3 Å². The van der Waals surface area contributed by atoms with Crippen LogP contribution in [-0.2, 0) is 4.79 Å². The van der Waals surface area contributed by atoms with Crippen molar-refractivity contribution in [2.24, 2.45) is 5.92 Å². The maximum absolute atomic E-state index is 12.5. The van der Waals surface area contributed by atoms with Gasteiger partial charge in [0, 0.05) is 51.6 Å². The summed E-state index contributed by atoms with van der Waals surface area (Å²) in [7, 11) is 3.86. The molecule has 1 aliphatic carbocycles. The molecule has 9 heteroatoms. The Hall–Kier alpha value is -2.68. The summed E-state index contributed by atoms with van der Waals surface area (Å²) in [6.07, 6.45) is 7.08. The van der Waals surface area contributed by atoms with Crippen LogP contribution in [0.4, 0.5) is 11.6 Å². The van der Waals surface area contributed by atoms with Gasteiger partial charge in [-0.2, -0.15) is 5.10 Å². The summed E-state index contributed by atoms with van der Waals surface area (Å²) in [6.45, 7) is 1.01. The number of β-amino-alcohol motifs (C(OH)–C–C–N with tert-alkyl or cyclic N) is 1. The monoisotopic (exact) mass is 385 g/mol. The largest absolute Gasteiger partial charge is 0.391 e. The van der Waals surface area contributed by atoms with Crippen molar-refractivity contribution in [3.63, 3.8) is 0 Å². The lowest BCUT2D eigenvalue weighted by Crippen LogP contribution is -2.45. The van der Waals surface area contributed by atoms with E-state index in [1.807, 2.05) is 42.0 Å². The summed E-state index contributed by atoms with van der Waals surface area (Å²) in [5, 5.41) is 17.5. The zero-order chi connectivity index (χ0) is 19.7. The molecule has 4 rings (SSSR count). The number of hydrogen-bond acceptors (Lipinski definition) is 7. The number of aliphatic hydroxyl groups excluding tert-OH is 1. The van der Waals surface area contributed by atoms with Gasteiger partial charge >= 0.3 is 0 Å². The number of aromatic nitrogens is 4. The van der Waals surface area contributed by atoms with Crippen LogP contribution in [0.1, 0.15) is 25.3 Å². The molecule has 9 nitrogen and oxygen atoms in total. The van der Waals surface area contributed by atoms with E-state index in [4.69, 9.17) is 0 Å². The topological polar surface area (TPSA) is 99.4 Å². The molecule has 1 aliphatic heterocycles. The number of carbonyl (C=O) groups is 1. The van der Waals surface area contributed by atoms with Gasteiger partial charge in [-0.1, -0.05) is 0 Å². The third-order valence-corrected chi connectivity index (χ3v) is 5.68. The summed E-state index contributed by atoms with van der Waals surface area (Å²) < 4.78 is 1.93. The first-order valence-electron chi connectivity index (χ1n) is 9.72. The Kier molecular flexibility index (Phi) is 5.17. The second-order valence-electron chi connectivity index (χ2n) is 7.88. The summed E-state index contributed by atoms with van der Waals surface area (Å²) >= 11 is 0. The highest BCUT2D eigenvalue weighted by Crippen LogP contribution is 2.37. The van der Waals surface area contributed by atoms with Crippen LogP contribution in [0.5, 0.6) is 0 Å². The predicted octanol–water partition coefficient (Wildman–Crippen LogP) is 0.446. The van der Waals surface area contributed by atoms with E-state index < -0.39 is 6.10 Å². The molecule has 0 aromatic carbocycles. The fraction of sp³-hybridized carbons (Fsp3) is 0.579. The van der Waals surface area contributed by atoms with Gasteiger partial charge in [0.15, 0.2) is 0 Å². The zero-order valence-corrected chi connectivity index (χ0v) is 16.3. The van der Waals surface area contributed by atoms with Crippen molar-refractivity contribution in [3.8, 4) is 0 Å². The van der Waals surface area contributed by atoms with Crippen molar-refractivity contribution in [2.45, 2.75) is 37.5 Å². The van der Waals surface area contributed by atoms with Gasteiger partial charge in [-0.25, -0.2) is 9.97 Å². The number of nitrogens with zero attached hydrogens (tertiary/aromatic N) is 6. The standard InChI is InChI=1S/C19H27N7O2/c1-24(2)17-9-18(22-12-21-17)25-11-16(27)8-15(25)10-20-19(28)13-6-14(7-13)26-5-3-4-23-26/h3-5,9,12-16,27H,6-8,10-11H2,1-2H3,(H,20,28)/t13?,14?,15-,16-/m1/s1. The number of aliphatic hydroxyl groups is 1. The molecule has 2 aromatic rings. The van der Waals surface area contributed by atoms with Gasteiger partial charge in [-0.15, -0.1) is 0 Å². The molecule has 2 aliphatic rings. The molecule has 0 radical (unpaired) electrons. The first kappa shape index (κ1) is 18.7. The summed E-state index contributed by atoms with van der Waals surface area (Å²) in [5.41, 5.74) is 0. The Balaban J connectivity index is 1.33. The van der Waals surface area contributed by atoms with E-state index in [1.54, 1.807) is 6.20 Å². The number of hydrogen-bond donors (Lipinski definition) is 2. The lowest BCUT2D eigenvalue weighted by Gasteiger charge is -2.35. The molecule has 1 saturated carbocycles. The van der Waals surface area contributed by atoms with Crippen LogP contribution in [0.25, 0.3) is 0 Å². The van der Waals surface area contributed by atoms with Crippen molar-refractivity contribution >= 4 is 17.5 Å². The van der Waals surface area contributed by atoms with Gasteiger partial charge in [0.05, 0.1) is 18.2 Å². The highest BCUT2D eigenvalue weighted by atomic mass is 16.3. The molecular weight excluding hydrogens is 358 g/mol. The average molecular weight is 385 g/mol.